The summed E-state index contributed by atoms with van der Waals surface area (Å²) >= 11 is 0. The first kappa shape index (κ1) is 31.8. The molecule has 0 spiro atoms. The van der Waals surface area contributed by atoms with Gasteiger partial charge in [-0.05, 0) is 73.5 Å². The Kier molecular flexibility index (Phi) is 11.2. The van der Waals surface area contributed by atoms with Gasteiger partial charge in [0.25, 0.3) is 5.91 Å². The zero-order valence-corrected chi connectivity index (χ0v) is 22.7. The third kappa shape index (κ3) is 10.4. The smallest absolute Gasteiger partial charge is 0.406 e. The number of anilines is 1. The van der Waals surface area contributed by atoms with E-state index in [-0.39, 0.29) is 24.7 Å². The van der Waals surface area contributed by atoms with Crippen molar-refractivity contribution in [2.75, 3.05) is 11.9 Å². The van der Waals surface area contributed by atoms with E-state index in [0.717, 1.165) is 11.1 Å². The lowest BCUT2D eigenvalue weighted by molar-refractivity contribution is -0.274. The molecule has 0 aromatic heterocycles. The number of ether oxygens (including phenoxy) is 1. The number of hydroxylamine groups is 1. The predicted octanol–water partition coefficient (Wildman–Crippen LogP) is 3.78. The topological polar surface area (TPSA) is 132 Å². The van der Waals surface area contributed by atoms with Crippen LogP contribution in [0.1, 0.15) is 36.1 Å². The molecule has 3 aromatic rings. The van der Waals surface area contributed by atoms with Crippen molar-refractivity contribution in [1.29, 1.82) is 0 Å². The van der Waals surface area contributed by atoms with Crippen molar-refractivity contribution in [1.82, 2.24) is 10.8 Å². The van der Waals surface area contributed by atoms with Gasteiger partial charge in [0.2, 0.25) is 5.91 Å². The van der Waals surface area contributed by atoms with Gasteiger partial charge in [0.05, 0.1) is 12.6 Å². The van der Waals surface area contributed by atoms with Crippen LogP contribution in [0.4, 0.5) is 18.9 Å². The van der Waals surface area contributed by atoms with Crippen LogP contribution in [-0.2, 0) is 16.1 Å². The van der Waals surface area contributed by atoms with Crippen molar-refractivity contribution in [3.63, 3.8) is 0 Å². The molecule has 3 aromatic carbocycles. The van der Waals surface area contributed by atoms with Crippen molar-refractivity contribution in [3.8, 4) is 17.6 Å². The highest BCUT2D eigenvalue weighted by molar-refractivity contribution is 6.00. The lowest BCUT2D eigenvalue weighted by atomic mass is 10.1. The summed E-state index contributed by atoms with van der Waals surface area (Å²) in [6.45, 7) is 3.21. The summed E-state index contributed by atoms with van der Waals surface area (Å²) in [7, 11) is 0. The minimum Gasteiger partial charge on any atom is -0.406 e. The number of carbonyl (C=O) groups is 2. The van der Waals surface area contributed by atoms with Gasteiger partial charge in [-0.2, -0.15) is 0 Å². The molecule has 0 aliphatic rings. The molecule has 0 heterocycles. The number of rotatable bonds is 10. The van der Waals surface area contributed by atoms with Crippen LogP contribution in [-0.4, -0.2) is 52.9 Å². The SMILES string of the molecule is CC(=N[C@H](C(=O)NO)[C@@H](C)O)c1ccc(C#Cc2ccc(NC(=O)CNCc3cccc(OC(F)(F)F)c3)cc2)cc1. The Morgan fingerprint density at radius 3 is 2.19 bits per heavy atom. The Balaban J connectivity index is 1.51. The van der Waals surface area contributed by atoms with Crippen LogP contribution in [0, 0.1) is 11.8 Å². The highest BCUT2D eigenvalue weighted by Gasteiger charge is 2.31. The molecule has 0 aliphatic carbocycles. The number of aliphatic imine (C=N–C) groups is 1. The van der Waals surface area contributed by atoms with Gasteiger partial charge in [0.1, 0.15) is 5.75 Å². The van der Waals surface area contributed by atoms with Crippen LogP contribution in [0.3, 0.4) is 0 Å². The lowest BCUT2D eigenvalue weighted by Crippen LogP contribution is -2.38. The largest absolute Gasteiger partial charge is 0.573 e. The lowest BCUT2D eigenvalue weighted by Gasteiger charge is -2.14. The Bertz CT molecular complexity index is 1460. The van der Waals surface area contributed by atoms with Crippen LogP contribution in [0.25, 0.3) is 0 Å². The maximum atomic E-state index is 12.4. The maximum Gasteiger partial charge on any atom is 0.573 e. The minimum absolute atomic E-state index is 0.0552. The first-order chi connectivity index (χ1) is 19.9. The monoisotopic (exact) mass is 582 g/mol. The van der Waals surface area contributed by atoms with E-state index in [9.17, 15) is 27.9 Å². The molecule has 0 aliphatic heterocycles. The highest BCUT2D eigenvalue weighted by atomic mass is 19.4. The zero-order chi connectivity index (χ0) is 30.7. The van der Waals surface area contributed by atoms with Crippen LogP contribution in [0.15, 0.2) is 77.8 Å². The van der Waals surface area contributed by atoms with Crippen molar-refractivity contribution < 1.29 is 37.8 Å². The molecular formula is C30H29F3N4O5. The molecule has 42 heavy (non-hydrogen) atoms. The normalized spacial score (nSPS) is 12.9. The number of amides is 2. The molecule has 5 N–H and O–H groups in total. The Hall–Kier alpha value is -4.70. The molecule has 9 nitrogen and oxygen atoms in total. The molecule has 0 saturated heterocycles. The number of nitrogens with zero attached hydrogens (tertiary/aromatic N) is 1. The van der Waals surface area contributed by atoms with Crippen LogP contribution in [0.5, 0.6) is 5.75 Å². The molecule has 3 rings (SSSR count). The summed E-state index contributed by atoms with van der Waals surface area (Å²) in [6.07, 6.45) is -5.86. The molecular weight excluding hydrogens is 553 g/mol. The van der Waals surface area contributed by atoms with Gasteiger partial charge >= 0.3 is 6.36 Å². The van der Waals surface area contributed by atoms with Crippen LogP contribution < -0.4 is 20.9 Å². The van der Waals surface area contributed by atoms with Gasteiger partial charge in [-0.1, -0.05) is 36.1 Å². The zero-order valence-electron chi connectivity index (χ0n) is 22.7. The van der Waals surface area contributed by atoms with E-state index in [1.165, 1.54) is 30.6 Å². The number of aliphatic hydroxyl groups is 1. The summed E-state index contributed by atoms with van der Waals surface area (Å²) in [4.78, 5) is 28.1. The standard InChI is InChI=1S/C30H29F3N4O5/c1-19(35-28(20(2)38)29(40)37-41)24-12-8-21(9-13-24)6-7-22-10-14-25(15-11-22)36-27(39)18-34-17-23-4-3-5-26(16-23)42-30(31,32)33/h3-5,8-16,20,28,34,38,41H,17-18H2,1-2H3,(H,36,39)(H,37,40)/t20-,28+/m1/s1. The van der Waals surface area contributed by atoms with E-state index in [4.69, 9.17) is 5.21 Å². The van der Waals surface area contributed by atoms with E-state index in [0.29, 0.717) is 22.5 Å². The fourth-order valence-corrected chi connectivity index (χ4v) is 3.69. The molecule has 0 bridgehead atoms. The van der Waals surface area contributed by atoms with Gasteiger partial charge in [-0.25, -0.2) is 5.48 Å². The molecule has 0 fully saturated rings. The van der Waals surface area contributed by atoms with Gasteiger partial charge in [0.15, 0.2) is 6.04 Å². The molecule has 220 valence electrons. The van der Waals surface area contributed by atoms with Crippen LogP contribution in [0.2, 0.25) is 0 Å². The second-order valence-electron chi connectivity index (χ2n) is 9.13. The number of hydrogen-bond donors (Lipinski definition) is 5. The molecule has 0 saturated carbocycles. The third-order valence-electron chi connectivity index (χ3n) is 5.74. The van der Waals surface area contributed by atoms with Crippen molar-refractivity contribution in [3.05, 3.63) is 95.1 Å². The second-order valence-corrected chi connectivity index (χ2v) is 9.13. The molecule has 0 unspecified atom stereocenters. The number of benzene rings is 3. The van der Waals surface area contributed by atoms with Gasteiger partial charge < -0.3 is 20.5 Å². The molecule has 2 atom stereocenters. The predicted molar refractivity (Wildman–Crippen MR) is 150 cm³/mol. The average Bonchev–Trinajstić information content (AvgIpc) is 2.94. The first-order valence-corrected chi connectivity index (χ1v) is 12.7. The van der Waals surface area contributed by atoms with Crippen molar-refractivity contribution in [2.24, 2.45) is 4.99 Å². The average molecular weight is 583 g/mol. The van der Waals surface area contributed by atoms with Gasteiger partial charge in [-0.3, -0.25) is 19.8 Å². The number of carbonyl (C=O) groups excluding carboxylic acids is 2. The molecule has 2 amide bonds. The summed E-state index contributed by atoms with van der Waals surface area (Å²) in [6, 6.07) is 18.4. The number of hydrogen-bond acceptors (Lipinski definition) is 7. The molecule has 12 heteroatoms. The second kappa shape index (κ2) is 14.8. The summed E-state index contributed by atoms with van der Waals surface area (Å²) in [5, 5.41) is 24.2. The fraction of sp³-hybridized carbons (Fsp3) is 0.233. The Morgan fingerprint density at radius 2 is 1.62 bits per heavy atom. The fourth-order valence-electron chi connectivity index (χ4n) is 3.69. The summed E-state index contributed by atoms with van der Waals surface area (Å²) in [5.41, 5.74) is 5.24. The Morgan fingerprint density at radius 1 is 1.00 bits per heavy atom. The number of aliphatic hydroxyl groups excluding tert-OH is 1. The van der Waals surface area contributed by atoms with E-state index in [1.54, 1.807) is 61.5 Å². The van der Waals surface area contributed by atoms with E-state index in [1.807, 2.05) is 0 Å². The highest BCUT2D eigenvalue weighted by Crippen LogP contribution is 2.23. The van der Waals surface area contributed by atoms with E-state index < -0.39 is 24.4 Å². The van der Waals surface area contributed by atoms with Crippen molar-refractivity contribution in [2.45, 2.75) is 38.9 Å². The van der Waals surface area contributed by atoms with Gasteiger partial charge in [0, 0.05) is 29.1 Å². The summed E-state index contributed by atoms with van der Waals surface area (Å²) < 4.78 is 41.0. The van der Waals surface area contributed by atoms with Crippen molar-refractivity contribution >= 4 is 23.2 Å². The first-order valence-electron chi connectivity index (χ1n) is 12.7. The quantitative estimate of drug-likeness (QED) is 0.107. The number of nitrogens with one attached hydrogen (secondary N) is 3. The summed E-state index contributed by atoms with van der Waals surface area (Å²) in [5.74, 6) is 4.61. The molecule has 0 radical (unpaired) electrons. The number of halogens is 3. The van der Waals surface area contributed by atoms with Crippen LogP contribution >= 0.6 is 0 Å². The third-order valence-corrected chi connectivity index (χ3v) is 5.74. The Labute approximate surface area is 240 Å². The van der Waals surface area contributed by atoms with Gasteiger partial charge in [-0.15, -0.1) is 13.2 Å². The van der Waals surface area contributed by atoms with E-state index >= 15 is 0 Å². The minimum atomic E-state index is -4.77. The van der Waals surface area contributed by atoms with E-state index in [2.05, 4.69) is 32.2 Å². The number of alkyl halides is 3. The maximum absolute atomic E-state index is 12.4.